The molecule has 3 rings (SSSR count). The van der Waals surface area contributed by atoms with Gasteiger partial charge in [-0.1, -0.05) is 48.5 Å². The SMILES string of the molecule is Cc1ccc(C(N)c2cccc(F)c2)c2ccccc12. The second-order valence-corrected chi connectivity index (χ2v) is 5.05. The van der Waals surface area contributed by atoms with Crippen LogP contribution in [-0.2, 0) is 0 Å². The van der Waals surface area contributed by atoms with E-state index in [-0.39, 0.29) is 11.9 Å². The van der Waals surface area contributed by atoms with Crippen molar-refractivity contribution in [3.05, 3.63) is 83.2 Å². The number of fused-ring (bicyclic) bond motifs is 1. The lowest BCUT2D eigenvalue weighted by Crippen LogP contribution is -2.12. The van der Waals surface area contributed by atoms with Crippen molar-refractivity contribution in [2.75, 3.05) is 0 Å². The van der Waals surface area contributed by atoms with Crippen LogP contribution in [0.3, 0.4) is 0 Å². The van der Waals surface area contributed by atoms with Crippen molar-refractivity contribution in [2.24, 2.45) is 5.73 Å². The van der Waals surface area contributed by atoms with Gasteiger partial charge in [0.1, 0.15) is 5.82 Å². The summed E-state index contributed by atoms with van der Waals surface area (Å²) in [6.45, 7) is 2.08. The zero-order valence-corrected chi connectivity index (χ0v) is 11.3. The van der Waals surface area contributed by atoms with Crippen molar-refractivity contribution in [2.45, 2.75) is 13.0 Å². The Morgan fingerprint density at radius 1 is 0.900 bits per heavy atom. The number of halogens is 1. The highest BCUT2D eigenvalue weighted by Gasteiger charge is 2.13. The Morgan fingerprint density at radius 3 is 2.40 bits per heavy atom. The van der Waals surface area contributed by atoms with Crippen LogP contribution in [0.5, 0.6) is 0 Å². The summed E-state index contributed by atoms with van der Waals surface area (Å²) < 4.78 is 13.4. The molecule has 0 aliphatic rings. The van der Waals surface area contributed by atoms with E-state index in [9.17, 15) is 4.39 Å². The Labute approximate surface area is 117 Å². The molecule has 3 aromatic carbocycles. The fourth-order valence-corrected chi connectivity index (χ4v) is 2.62. The maximum atomic E-state index is 13.4. The summed E-state index contributed by atoms with van der Waals surface area (Å²) in [5, 5.41) is 2.32. The molecule has 0 fully saturated rings. The number of hydrogen-bond donors (Lipinski definition) is 1. The van der Waals surface area contributed by atoms with Gasteiger partial charge < -0.3 is 5.73 Å². The molecule has 0 saturated heterocycles. The highest BCUT2D eigenvalue weighted by molar-refractivity contribution is 5.89. The first-order valence-corrected chi connectivity index (χ1v) is 6.66. The lowest BCUT2D eigenvalue weighted by atomic mass is 9.92. The molecule has 1 nitrogen and oxygen atoms in total. The Balaban J connectivity index is 2.17. The highest BCUT2D eigenvalue weighted by atomic mass is 19.1. The quantitative estimate of drug-likeness (QED) is 0.733. The van der Waals surface area contributed by atoms with Gasteiger partial charge in [0.25, 0.3) is 0 Å². The second kappa shape index (κ2) is 5.06. The minimum absolute atomic E-state index is 0.255. The van der Waals surface area contributed by atoms with Gasteiger partial charge in [-0.3, -0.25) is 0 Å². The molecule has 0 saturated carbocycles. The lowest BCUT2D eigenvalue weighted by Gasteiger charge is -2.16. The van der Waals surface area contributed by atoms with E-state index in [1.165, 1.54) is 23.1 Å². The largest absolute Gasteiger partial charge is 0.320 e. The van der Waals surface area contributed by atoms with Gasteiger partial charge in [0.2, 0.25) is 0 Å². The van der Waals surface area contributed by atoms with Crippen LogP contribution in [0.1, 0.15) is 22.7 Å². The monoisotopic (exact) mass is 265 g/mol. The molecule has 0 aliphatic carbocycles. The molecular weight excluding hydrogens is 249 g/mol. The average molecular weight is 265 g/mol. The van der Waals surface area contributed by atoms with Crippen LogP contribution >= 0.6 is 0 Å². The molecule has 0 spiro atoms. The summed E-state index contributed by atoms with van der Waals surface area (Å²) >= 11 is 0. The topological polar surface area (TPSA) is 26.0 Å². The van der Waals surface area contributed by atoms with Crippen LogP contribution in [0.4, 0.5) is 4.39 Å². The molecule has 3 aromatic rings. The molecule has 20 heavy (non-hydrogen) atoms. The van der Waals surface area contributed by atoms with Crippen LogP contribution in [0.2, 0.25) is 0 Å². The van der Waals surface area contributed by atoms with Gasteiger partial charge in [-0.2, -0.15) is 0 Å². The van der Waals surface area contributed by atoms with Crippen LogP contribution < -0.4 is 5.73 Å². The zero-order chi connectivity index (χ0) is 14.1. The summed E-state index contributed by atoms with van der Waals surface area (Å²) in [6, 6.07) is 18.5. The van der Waals surface area contributed by atoms with E-state index in [0.717, 1.165) is 16.5 Å². The third-order valence-electron chi connectivity index (χ3n) is 3.72. The van der Waals surface area contributed by atoms with Crippen molar-refractivity contribution in [3.63, 3.8) is 0 Å². The Bertz CT molecular complexity index is 764. The average Bonchev–Trinajstić information content (AvgIpc) is 2.47. The second-order valence-electron chi connectivity index (χ2n) is 5.05. The molecule has 0 heterocycles. The van der Waals surface area contributed by atoms with Crippen molar-refractivity contribution < 1.29 is 4.39 Å². The van der Waals surface area contributed by atoms with Gasteiger partial charge in [-0.15, -0.1) is 0 Å². The first-order chi connectivity index (χ1) is 9.66. The molecule has 1 unspecified atom stereocenters. The first kappa shape index (κ1) is 12.8. The van der Waals surface area contributed by atoms with Crippen molar-refractivity contribution in [1.82, 2.24) is 0 Å². The van der Waals surface area contributed by atoms with Crippen molar-refractivity contribution >= 4 is 10.8 Å². The van der Waals surface area contributed by atoms with Gasteiger partial charge in [0.05, 0.1) is 6.04 Å². The minimum atomic E-state index is -0.323. The van der Waals surface area contributed by atoms with Crippen LogP contribution in [-0.4, -0.2) is 0 Å². The fourth-order valence-electron chi connectivity index (χ4n) is 2.62. The molecule has 2 N–H and O–H groups in total. The molecule has 0 bridgehead atoms. The molecule has 0 aliphatic heterocycles. The summed E-state index contributed by atoms with van der Waals surface area (Å²) in [6.07, 6.45) is 0. The molecule has 0 aromatic heterocycles. The van der Waals surface area contributed by atoms with Gasteiger partial charge in [0.15, 0.2) is 0 Å². The highest BCUT2D eigenvalue weighted by Crippen LogP contribution is 2.29. The van der Waals surface area contributed by atoms with E-state index < -0.39 is 0 Å². The molecular formula is C18H16FN. The van der Waals surface area contributed by atoms with Crippen LogP contribution in [0.15, 0.2) is 60.7 Å². The third-order valence-corrected chi connectivity index (χ3v) is 3.72. The Morgan fingerprint density at radius 2 is 1.65 bits per heavy atom. The van der Waals surface area contributed by atoms with E-state index in [4.69, 9.17) is 5.73 Å². The summed E-state index contributed by atoms with van der Waals surface area (Å²) in [4.78, 5) is 0. The van der Waals surface area contributed by atoms with Gasteiger partial charge in [-0.25, -0.2) is 4.39 Å². The van der Waals surface area contributed by atoms with E-state index >= 15 is 0 Å². The predicted molar refractivity (Wildman–Crippen MR) is 81.1 cm³/mol. The predicted octanol–water partition coefficient (Wildman–Crippen LogP) is 4.34. The molecule has 100 valence electrons. The Hall–Kier alpha value is -2.19. The summed E-state index contributed by atoms with van der Waals surface area (Å²) in [7, 11) is 0. The van der Waals surface area contributed by atoms with Crippen LogP contribution in [0, 0.1) is 12.7 Å². The number of aryl methyl sites for hydroxylation is 1. The van der Waals surface area contributed by atoms with E-state index in [1.807, 2.05) is 24.3 Å². The van der Waals surface area contributed by atoms with Gasteiger partial charge in [-0.05, 0) is 46.5 Å². The minimum Gasteiger partial charge on any atom is -0.320 e. The lowest BCUT2D eigenvalue weighted by molar-refractivity contribution is 0.623. The maximum Gasteiger partial charge on any atom is 0.123 e. The van der Waals surface area contributed by atoms with Gasteiger partial charge in [0, 0.05) is 0 Å². The smallest absolute Gasteiger partial charge is 0.123 e. The molecule has 0 amide bonds. The Kier molecular flexibility index (Phi) is 3.25. The number of benzene rings is 3. The fraction of sp³-hybridized carbons (Fsp3) is 0.111. The molecule has 0 radical (unpaired) electrons. The molecule has 1 atom stereocenters. The van der Waals surface area contributed by atoms with Crippen molar-refractivity contribution in [3.8, 4) is 0 Å². The van der Waals surface area contributed by atoms with E-state index in [2.05, 4.69) is 25.1 Å². The number of nitrogens with two attached hydrogens (primary N) is 1. The third kappa shape index (κ3) is 2.19. The molecule has 2 heteroatoms. The maximum absolute atomic E-state index is 13.4. The normalized spacial score (nSPS) is 12.6. The summed E-state index contributed by atoms with van der Waals surface area (Å²) in [5.74, 6) is -0.255. The summed E-state index contributed by atoms with van der Waals surface area (Å²) in [5.41, 5.74) is 9.37. The van der Waals surface area contributed by atoms with E-state index in [1.54, 1.807) is 6.07 Å². The van der Waals surface area contributed by atoms with Crippen molar-refractivity contribution in [1.29, 1.82) is 0 Å². The first-order valence-electron chi connectivity index (χ1n) is 6.66. The zero-order valence-electron chi connectivity index (χ0n) is 11.3. The number of hydrogen-bond acceptors (Lipinski definition) is 1. The van der Waals surface area contributed by atoms with Crippen LogP contribution in [0.25, 0.3) is 10.8 Å². The number of rotatable bonds is 2. The standard InChI is InChI=1S/C18H16FN/c1-12-9-10-17(16-8-3-2-7-15(12)16)18(20)13-5-4-6-14(19)11-13/h2-11,18H,20H2,1H3. The van der Waals surface area contributed by atoms with E-state index in [0.29, 0.717) is 0 Å². The van der Waals surface area contributed by atoms with Gasteiger partial charge >= 0.3 is 0 Å².